The molecule has 3 aliphatic rings. The quantitative estimate of drug-likeness (QED) is 0.742. The van der Waals surface area contributed by atoms with Crippen molar-refractivity contribution in [2.75, 3.05) is 0 Å². The second-order valence-corrected chi connectivity index (χ2v) is 6.67. The maximum Gasteiger partial charge on any atom is 0.00802 e. The molecule has 1 nitrogen and oxygen atoms in total. The highest BCUT2D eigenvalue weighted by atomic mass is 15.0. The Balaban J connectivity index is 1.42. The third kappa shape index (κ3) is 2.30. The van der Waals surface area contributed by atoms with Crippen molar-refractivity contribution < 1.29 is 0 Å². The Labute approximate surface area is 100 Å². The lowest BCUT2D eigenvalue weighted by Gasteiger charge is -2.51. The molecule has 16 heavy (non-hydrogen) atoms. The van der Waals surface area contributed by atoms with Gasteiger partial charge in [-0.15, -0.1) is 0 Å². The number of rotatable bonds is 2. The lowest BCUT2D eigenvalue weighted by molar-refractivity contribution is 0.0310. The molecule has 0 aromatic carbocycles. The van der Waals surface area contributed by atoms with Gasteiger partial charge in [0.15, 0.2) is 0 Å². The van der Waals surface area contributed by atoms with Gasteiger partial charge in [-0.2, -0.15) is 0 Å². The topological polar surface area (TPSA) is 12.0 Å². The fourth-order valence-corrected chi connectivity index (χ4v) is 4.42. The third-order valence-corrected chi connectivity index (χ3v) is 5.35. The van der Waals surface area contributed by atoms with Gasteiger partial charge in [0.1, 0.15) is 0 Å². The standard InChI is InChI=1S/C15H27N/c1-3-7-13(8-4-1)16-14-11-15(12-14)9-5-2-6-10-15/h13-14,16H,1-12H2. The van der Waals surface area contributed by atoms with Gasteiger partial charge in [0.05, 0.1) is 0 Å². The summed E-state index contributed by atoms with van der Waals surface area (Å²) in [5.41, 5.74) is 0.810. The van der Waals surface area contributed by atoms with E-state index < -0.39 is 0 Å². The summed E-state index contributed by atoms with van der Waals surface area (Å²) in [6.07, 6.45) is 17.9. The van der Waals surface area contributed by atoms with Gasteiger partial charge in [-0.25, -0.2) is 0 Å². The van der Waals surface area contributed by atoms with E-state index in [4.69, 9.17) is 0 Å². The molecule has 0 radical (unpaired) electrons. The van der Waals surface area contributed by atoms with Crippen molar-refractivity contribution in [3.8, 4) is 0 Å². The summed E-state index contributed by atoms with van der Waals surface area (Å²) < 4.78 is 0. The molecule has 0 heterocycles. The van der Waals surface area contributed by atoms with Crippen LogP contribution >= 0.6 is 0 Å². The molecular formula is C15H27N. The minimum Gasteiger partial charge on any atom is -0.311 e. The molecule has 0 aromatic heterocycles. The van der Waals surface area contributed by atoms with Crippen LogP contribution in [0.2, 0.25) is 0 Å². The Morgan fingerprint density at radius 2 is 1.31 bits per heavy atom. The predicted octanol–water partition coefficient (Wildman–Crippen LogP) is 4.02. The lowest BCUT2D eigenvalue weighted by atomic mass is 9.58. The zero-order valence-corrected chi connectivity index (χ0v) is 10.6. The second kappa shape index (κ2) is 4.68. The van der Waals surface area contributed by atoms with E-state index in [1.807, 2.05) is 0 Å². The van der Waals surface area contributed by atoms with Crippen LogP contribution in [0, 0.1) is 5.41 Å². The highest BCUT2D eigenvalue weighted by molar-refractivity contribution is 4.99. The zero-order valence-electron chi connectivity index (χ0n) is 10.6. The number of hydrogen-bond acceptors (Lipinski definition) is 1. The van der Waals surface area contributed by atoms with Crippen molar-refractivity contribution in [3.63, 3.8) is 0 Å². The summed E-state index contributed by atoms with van der Waals surface area (Å²) in [7, 11) is 0. The fraction of sp³-hybridized carbons (Fsp3) is 1.00. The highest BCUT2D eigenvalue weighted by Crippen LogP contribution is 2.51. The number of nitrogens with one attached hydrogen (secondary N) is 1. The number of hydrogen-bond donors (Lipinski definition) is 1. The van der Waals surface area contributed by atoms with Crippen molar-refractivity contribution >= 4 is 0 Å². The van der Waals surface area contributed by atoms with Gasteiger partial charge in [0, 0.05) is 12.1 Å². The zero-order chi connectivity index (χ0) is 10.8. The molecule has 3 rings (SSSR count). The molecule has 3 fully saturated rings. The molecule has 1 spiro atoms. The molecule has 92 valence electrons. The average Bonchev–Trinajstić information content (AvgIpc) is 2.30. The highest BCUT2D eigenvalue weighted by Gasteiger charge is 2.44. The summed E-state index contributed by atoms with van der Waals surface area (Å²) >= 11 is 0. The summed E-state index contributed by atoms with van der Waals surface area (Å²) in [5, 5.41) is 3.93. The SMILES string of the molecule is C1CCC(NC2CC3(CCCCC3)C2)CC1. The minimum absolute atomic E-state index is 0.810. The van der Waals surface area contributed by atoms with Crippen LogP contribution in [-0.4, -0.2) is 12.1 Å². The van der Waals surface area contributed by atoms with E-state index in [1.165, 1.54) is 77.0 Å². The van der Waals surface area contributed by atoms with Crippen LogP contribution < -0.4 is 5.32 Å². The van der Waals surface area contributed by atoms with Crippen LogP contribution in [0.4, 0.5) is 0 Å². The summed E-state index contributed by atoms with van der Waals surface area (Å²) in [4.78, 5) is 0. The molecule has 3 aliphatic carbocycles. The molecule has 1 heteroatoms. The van der Waals surface area contributed by atoms with Gasteiger partial charge in [-0.3, -0.25) is 0 Å². The maximum absolute atomic E-state index is 3.93. The smallest absolute Gasteiger partial charge is 0.00802 e. The first-order valence-electron chi connectivity index (χ1n) is 7.62. The molecule has 0 aliphatic heterocycles. The monoisotopic (exact) mass is 221 g/mol. The van der Waals surface area contributed by atoms with Crippen molar-refractivity contribution in [1.29, 1.82) is 0 Å². The van der Waals surface area contributed by atoms with E-state index in [2.05, 4.69) is 5.32 Å². The van der Waals surface area contributed by atoms with Gasteiger partial charge >= 0.3 is 0 Å². The van der Waals surface area contributed by atoms with E-state index in [0.717, 1.165) is 17.5 Å². The predicted molar refractivity (Wildman–Crippen MR) is 68.5 cm³/mol. The summed E-state index contributed by atoms with van der Waals surface area (Å²) in [6.45, 7) is 0. The first-order chi connectivity index (χ1) is 7.86. The molecule has 0 aromatic rings. The van der Waals surface area contributed by atoms with Crippen LogP contribution in [-0.2, 0) is 0 Å². The molecule has 0 bridgehead atoms. The van der Waals surface area contributed by atoms with E-state index in [9.17, 15) is 0 Å². The van der Waals surface area contributed by atoms with Crippen LogP contribution in [0.25, 0.3) is 0 Å². The second-order valence-electron chi connectivity index (χ2n) is 6.67. The van der Waals surface area contributed by atoms with E-state index in [1.54, 1.807) is 0 Å². The van der Waals surface area contributed by atoms with Crippen LogP contribution in [0.5, 0.6) is 0 Å². The van der Waals surface area contributed by atoms with Gasteiger partial charge < -0.3 is 5.32 Å². The van der Waals surface area contributed by atoms with Gasteiger partial charge in [-0.1, -0.05) is 38.5 Å². The largest absolute Gasteiger partial charge is 0.311 e. The van der Waals surface area contributed by atoms with E-state index in [-0.39, 0.29) is 0 Å². The van der Waals surface area contributed by atoms with E-state index >= 15 is 0 Å². The molecule has 0 saturated heterocycles. The maximum atomic E-state index is 3.93. The van der Waals surface area contributed by atoms with Crippen molar-refractivity contribution in [2.45, 2.75) is 89.1 Å². The molecule has 0 atom stereocenters. The van der Waals surface area contributed by atoms with Crippen molar-refractivity contribution in [2.24, 2.45) is 5.41 Å². The van der Waals surface area contributed by atoms with Crippen LogP contribution in [0.1, 0.15) is 77.0 Å². The average molecular weight is 221 g/mol. The Hall–Kier alpha value is -0.0400. The molecule has 1 N–H and O–H groups in total. The van der Waals surface area contributed by atoms with Crippen molar-refractivity contribution in [3.05, 3.63) is 0 Å². The molecule has 0 amide bonds. The van der Waals surface area contributed by atoms with E-state index in [0.29, 0.717) is 0 Å². The summed E-state index contributed by atoms with van der Waals surface area (Å²) in [6, 6.07) is 1.76. The lowest BCUT2D eigenvalue weighted by Crippen LogP contribution is -2.52. The van der Waals surface area contributed by atoms with Gasteiger partial charge in [-0.05, 0) is 43.9 Å². The Morgan fingerprint density at radius 1 is 0.688 bits per heavy atom. The first kappa shape index (κ1) is 11.1. The van der Waals surface area contributed by atoms with Crippen LogP contribution in [0.15, 0.2) is 0 Å². The van der Waals surface area contributed by atoms with Crippen molar-refractivity contribution in [1.82, 2.24) is 5.32 Å². The third-order valence-electron chi connectivity index (χ3n) is 5.35. The molecular weight excluding hydrogens is 194 g/mol. The Bertz CT molecular complexity index is 213. The first-order valence-corrected chi connectivity index (χ1v) is 7.62. The van der Waals surface area contributed by atoms with Gasteiger partial charge in [0.2, 0.25) is 0 Å². The Morgan fingerprint density at radius 3 is 2.00 bits per heavy atom. The fourth-order valence-electron chi connectivity index (χ4n) is 4.42. The minimum atomic E-state index is 0.810. The van der Waals surface area contributed by atoms with Crippen LogP contribution in [0.3, 0.4) is 0 Å². The normalized spacial score (nSPS) is 31.5. The molecule has 3 saturated carbocycles. The molecule has 0 unspecified atom stereocenters. The Kier molecular flexibility index (Phi) is 3.24. The summed E-state index contributed by atoms with van der Waals surface area (Å²) in [5.74, 6) is 0. The van der Waals surface area contributed by atoms with Gasteiger partial charge in [0.25, 0.3) is 0 Å².